The molecule has 0 N–H and O–H groups in total. The molecular weight excluding hydrogens is 494 g/mol. The molecule has 1 aliphatic rings. The van der Waals surface area contributed by atoms with Crippen molar-refractivity contribution in [2.75, 3.05) is 0 Å². The van der Waals surface area contributed by atoms with Gasteiger partial charge in [-0.25, -0.2) is 0 Å². The van der Waals surface area contributed by atoms with Gasteiger partial charge in [-0.2, -0.15) is 0 Å². The first-order chi connectivity index (χ1) is 16.0. The van der Waals surface area contributed by atoms with E-state index in [4.69, 9.17) is 14.0 Å². The summed E-state index contributed by atoms with van der Waals surface area (Å²) in [4.78, 5) is 12.4. The van der Waals surface area contributed by atoms with Crippen LogP contribution in [0.25, 0.3) is 16.5 Å². The molecule has 7 heteroatoms. The van der Waals surface area contributed by atoms with Crippen LogP contribution < -0.4 is 0 Å². The standard InChI is InChI=1S/C25H37NOSi.3CO.Cr/c1-17(2)28(18(3)4,19(5)6)26-13-12-23-22(10-9-11-24(23)26)20-14-21(27)16-25(7,8)15-20;3*1-2;/h9-14,17-19H,15-16H2,1-8H3;;;;. The van der Waals surface area contributed by atoms with E-state index in [2.05, 4.69) is 110 Å². The number of nitrogens with zero attached hydrogens (tertiary/aromatic N) is 1. The fraction of sp³-hybridized carbons (Fsp3) is 0.500. The summed E-state index contributed by atoms with van der Waals surface area (Å²) in [5, 5.41) is 1.30. The van der Waals surface area contributed by atoms with Crippen LogP contribution in [0.15, 0.2) is 36.5 Å². The van der Waals surface area contributed by atoms with E-state index in [1.165, 1.54) is 22.0 Å². The van der Waals surface area contributed by atoms with Gasteiger partial charge in [-0.1, -0.05) is 67.5 Å². The zero-order valence-corrected chi connectivity index (χ0v) is 24.4. The Balaban J connectivity index is 0. The zero-order valence-electron chi connectivity index (χ0n) is 22.1. The third-order valence-corrected chi connectivity index (χ3v) is 13.7. The molecule has 1 aromatic heterocycles. The van der Waals surface area contributed by atoms with Gasteiger partial charge >= 0.3 is 33.9 Å². The van der Waals surface area contributed by atoms with Crippen LogP contribution in [0, 0.1) is 25.4 Å². The van der Waals surface area contributed by atoms with Gasteiger partial charge in [-0.15, -0.1) is 0 Å². The summed E-state index contributed by atoms with van der Waals surface area (Å²) in [6, 6.07) is 8.97. The second kappa shape index (κ2) is 15.3. The summed E-state index contributed by atoms with van der Waals surface area (Å²) >= 11 is 0. The van der Waals surface area contributed by atoms with Crippen LogP contribution in [0.2, 0.25) is 16.6 Å². The third-order valence-electron chi connectivity index (χ3n) is 6.93. The largest absolute Gasteiger partial charge is 0 e. The SMILES string of the molecule is CC(C)[Si](C(C)C)(C(C)C)n1ccc2c(C3=CC(=O)CC(C)(C)C3)cccc21.[C-]#[O+].[C-]#[O+].[C-]#[O+].[Cr]. The summed E-state index contributed by atoms with van der Waals surface area (Å²) in [5.74, 6) is 0.262. The molecule has 0 amide bonds. The molecule has 0 fully saturated rings. The molecule has 1 heterocycles. The van der Waals surface area contributed by atoms with Gasteiger partial charge in [0, 0.05) is 34.7 Å². The number of hydrogen-bond donors (Lipinski definition) is 0. The Morgan fingerprint density at radius 3 is 1.77 bits per heavy atom. The van der Waals surface area contributed by atoms with E-state index < -0.39 is 8.24 Å². The molecule has 0 bridgehead atoms. The summed E-state index contributed by atoms with van der Waals surface area (Å²) in [5.41, 5.74) is 5.80. The number of hydrogen-bond acceptors (Lipinski definition) is 1. The van der Waals surface area contributed by atoms with Crippen LogP contribution in [0.3, 0.4) is 0 Å². The van der Waals surface area contributed by atoms with E-state index >= 15 is 0 Å². The van der Waals surface area contributed by atoms with Gasteiger partial charge < -0.3 is 4.23 Å². The van der Waals surface area contributed by atoms with Crippen LogP contribution >= 0.6 is 0 Å². The third kappa shape index (κ3) is 7.32. The van der Waals surface area contributed by atoms with Gasteiger partial charge in [0.05, 0.1) is 0 Å². The van der Waals surface area contributed by atoms with E-state index in [0.29, 0.717) is 23.0 Å². The minimum atomic E-state index is -1.80. The average molecular weight is 532 g/mol. The molecule has 3 rings (SSSR count). The minimum absolute atomic E-state index is 0. The van der Waals surface area contributed by atoms with Gasteiger partial charge in [-0.05, 0) is 64.0 Å². The Bertz CT molecular complexity index is 1020. The van der Waals surface area contributed by atoms with Crippen molar-refractivity contribution in [1.82, 2.24) is 4.23 Å². The monoisotopic (exact) mass is 531 g/mol. The molecule has 2 aromatic rings. The normalized spacial score (nSPS) is 14.4. The van der Waals surface area contributed by atoms with E-state index in [0.717, 1.165) is 6.42 Å². The van der Waals surface area contributed by atoms with Gasteiger partial charge in [0.15, 0.2) is 14.0 Å². The molecular formula is C28H37CrNO4Si. The Labute approximate surface area is 222 Å². The second-order valence-electron chi connectivity index (χ2n) is 10.4. The molecule has 0 saturated carbocycles. The number of benzene rings is 1. The predicted octanol–water partition coefficient (Wildman–Crippen LogP) is 7.32. The number of carbonyl (C=O) groups is 1. The fourth-order valence-electron chi connectivity index (χ4n) is 6.14. The van der Waals surface area contributed by atoms with Crippen molar-refractivity contribution in [2.45, 2.75) is 84.9 Å². The van der Waals surface area contributed by atoms with Crippen LogP contribution in [-0.2, 0) is 36.1 Å². The van der Waals surface area contributed by atoms with E-state index in [1.807, 2.05) is 6.08 Å². The average Bonchev–Trinajstić information content (AvgIpc) is 3.20. The Morgan fingerprint density at radius 1 is 0.857 bits per heavy atom. The molecule has 1 aliphatic carbocycles. The summed E-state index contributed by atoms with van der Waals surface area (Å²) < 4.78 is 25.2. The Morgan fingerprint density at radius 2 is 1.34 bits per heavy atom. The molecule has 0 atom stereocenters. The molecule has 35 heavy (non-hydrogen) atoms. The molecule has 1 aromatic carbocycles. The first kappa shape index (κ1) is 35.3. The van der Waals surface area contributed by atoms with Gasteiger partial charge in [0.25, 0.3) is 0 Å². The smallest absolute Gasteiger partial charge is 0 e. The van der Waals surface area contributed by atoms with Crippen LogP contribution in [-0.4, -0.2) is 18.3 Å². The predicted molar refractivity (Wildman–Crippen MR) is 136 cm³/mol. The van der Waals surface area contributed by atoms with Crippen molar-refractivity contribution in [3.8, 4) is 0 Å². The first-order valence-corrected chi connectivity index (χ1v) is 13.6. The van der Waals surface area contributed by atoms with Crippen molar-refractivity contribution < 1.29 is 36.1 Å². The molecule has 0 unspecified atom stereocenters. The van der Waals surface area contributed by atoms with Crippen molar-refractivity contribution in [3.63, 3.8) is 0 Å². The number of rotatable bonds is 5. The van der Waals surface area contributed by atoms with Gasteiger partial charge in [0.1, 0.15) is 0 Å². The molecule has 0 radical (unpaired) electrons. The van der Waals surface area contributed by atoms with Gasteiger partial charge in [0.2, 0.25) is 0 Å². The Hall–Kier alpha value is -1.86. The van der Waals surface area contributed by atoms with Crippen LogP contribution in [0.4, 0.5) is 0 Å². The molecule has 0 aliphatic heterocycles. The summed E-state index contributed by atoms with van der Waals surface area (Å²) in [6.45, 7) is 32.4. The van der Waals surface area contributed by atoms with Crippen LogP contribution in [0.5, 0.6) is 0 Å². The molecule has 0 saturated heterocycles. The van der Waals surface area contributed by atoms with Crippen LogP contribution in [0.1, 0.15) is 73.8 Å². The quantitative estimate of drug-likeness (QED) is 0.226. The van der Waals surface area contributed by atoms with Crippen molar-refractivity contribution >= 4 is 30.5 Å². The van der Waals surface area contributed by atoms with E-state index in [-0.39, 0.29) is 28.6 Å². The zero-order chi connectivity index (χ0) is 26.9. The van der Waals surface area contributed by atoms with Crippen molar-refractivity contribution in [1.29, 1.82) is 0 Å². The number of fused-ring (bicyclic) bond motifs is 1. The summed E-state index contributed by atoms with van der Waals surface area (Å²) in [6.07, 6.45) is 5.85. The Kier molecular flexibility index (Phi) is 15.4. The van der Waals surface area contributed by atoms with E-state index in [1.54, 1.807) is 0 Å². The number of aromatic nitrogens is 1. The number of ketones is 1. The molecule has 188 valence electrons. The number of allylic oxidation sites excluding steroid dienone is 2. The minimum Gasteiger partial charge on any atom is 0 e. The summed E-state index contributed by atoms with van der Waals surface area (Å²) in [7, 11) is -1.80. The topological polar surface area (TPSA) is 81.7 Å². The maximum atomic E-state index is 12.4. The van der Waals surface area contributed by atoms with Crippen molar-refractivity contribution in [3.05, 3.63) is 62.1 Å². The molecule has 0 spiro atoms. The number of carbonyl (C=O) groups excluding carboxylic acids is 1. The molecule has 5 nitrogen and oxygen atoms in total. The second-order valence-corrected chi connectivity index (χ2v) is 16.1. The van der Waals surface area contributed by atoms with Gasteiger partial charge in [-0.3, -0.25) is 4.79 Å². The maximum Gasteiger partial charge on any atom is 0 e. The van der Waals surface area contributed by atoms with E-state index in [9.17, 15) is 4.79 Å². The van der Waals surface area contributed by atoms with Crippen molar-refractivity contribution in [2.24, 2.45) is 5.41 Å². The maximum absolute atomic E-state index is 12.4. The fourth-order valence-corrected chi connectivity index (χ4v) is 12.8. The first-order valence-electron chi connectivity index (χ1n) is 11.5.